The summed E-state index contributed by atoms with van der Waals surface area (Å²) in [4.78, 5) is 32.4. The number of benzene rings is 2. The van der Waals surface area contributed by atoms with Crippen LogP contribution in [-0.4, -0.2) is 28.0 Å². The monoisotopic (exact) mass is 376 g/mol. The Morgan fingerprint density at radius 1 is 1.04 bits per heavy atom. The van der Waals surface area contributed by atoms with Gasteiger partial charge in [-0.2, -0.15) is 0 Å². The molecule has 2 aromatic rings. The highest BCUT2D eigenvalue weighted by atomic mass is 32.1. The summed E-state index contributed by atoms with van der Waals surface area (Å²) in [6.07, 6.45) is 0. The number of methoxy groups -OCH3 is 1. The lowest BCUT2D eigenvalue weighted by molar-refractivity contribution is -0.385. The molecule has 0 saturated carbocycles. The van der Waals surface area contributed by atoms with Crippen LogP contribution in [0.1, 0.15) is 10.4 Å². The molecule has 0 fully saturated rings. The van der Waals surface area contributed by atoms with E-state index in [0.29, 0.717) is 5.75 Å². The molecule has 0 aliphatic carbocycles. The van der Waals surface area contributed by atoms with Gasteiger partial charge in [0.05, 0.1) is 22.6 Å². The van der Waals surface area contributed by atoms with E-state index < -0.39 is 15.8 Å². The molecule has 0 unspecified atom stereocenters. The molecule has 0 heterocycles. The summed E-state index contributed by atoms with van der Waals surface area (Å²) in [5, 5.41) is 26.4. The second kappa shape index (κ2) is 7.98. The summed E-state index contributed by atoms with van der Waals surface area (Å²) in [5.74, 6) is -0.302. The van der Waals surface area contributed by atoms with Gasteiger partial charge in [-0.25, -0.2) is 0 Å². The molecular formula is C15H12N4O6S. The lowest BCUT2D eigenvalue weighted by Gasteiger charge is -2.12. The third-order valence-corrected chi connectivity index (χ3v) is 3.41. The quantitative estimate of drug-likeness (QED) is 0.461. The Morgan fingerprint density at radius 2 is 1.62 bits per heavy atom. The number of carbonyl (C=O) groups excluding carboxylic acids is 1. The normalized spacial score (nSPS) is 9.88. The zero-order valence-corrected chi connectivity index (χ0v) is 14.1. The first-order valence-electron chi connectivity index (χ1n) is 7.01. The van der Waals surface area contributed by atoms with Crippen LogP contribution in [0.2, 0.25) is 0 Å². The first-order chi connectivity index (χ1) is 12.3. The van der Waals surface area contributed by atoms with Gasteiger partial charge in [0.25, 0.3) is 17.3 Å². The van der Waals surface area contributed by atoms with Gasteiger partial charge >= 0.3 is 0 Å². The smallest absolute Gasteiger partial charge is 0.271 e. The topological polar surface area (TPSA) is 137 Å². The van der Waals surface area contributed by atoms with Crippen LogP contribution in [-0.2, 0) is 0 Å². The molecule has 2 N–H and O–H groups in total. The van der Waals surface area contributed by atoms with Gasteiger partial charge in [-0.15, -0.1) is 0 Å². The number of anilines is 1. The van der Waals surface area contributed by atoms with Crippen molar-refractivity contribution in [3.05, 3.63) is 68.3 Å². The molecule has 2 aromatic carbocycles. The van der Waals surface area contributed by atoms with E-state index in [2.05, 4.69) is 10.6 Å². The minimum atomic E-state index is -0.596. The number of non-ortho nitro benzene ring substituents is 2. The van der Waals surface area contributed by atoms with Crippen LogP contribution in [0.25, 0.3) is 0 Å². The molecule has 134 valence electrons. The van der Waals surface area contributed by atoms with Crippen molar-refractivity contribution in [2.45, 2.75) is 0 Å². The zero-order chi connectivity index (χ0) is 19.3. The van der Waals surface area contributed by atoms with Crippen molar-refractivity contribution in [3.8, 4) is 5.75 Å². The standard InChI is InChI=1S/C15H12N4O6S/c1-25-13-7-6-11(19(23)24)8-12(13)16-15(26)17-14(20)9-2-4-10(5-3-9)18(21)22/h2-8H,1H3,(H2,16,17,20,26). The SMILES string of the molecule is COc1ccc([N+](=O)[O-])cc1NC(=S)NC(=O)c1ccc([N+](=O)[O-])cc1. The van der Waals surface area contributed by atoms with Gasteiger partial charge in [0.2, 0.25) is 0 Å². The maximum absolute atomic E-state index is 12.1. The summed E-state index contributed by atoms with van der Waals surface area (Å²) in [5.41, 5.74) is 0.0304. The molecule has 0 aliphatic heterocycles. The van der Waals surface area contributed by atoms with Crippen molar-refractivity contribution in [2.75, 3.05) is 12.4 Å². The fraction of sp³-hybridized carbons (Fsp3) is 0.0667. The number of hydrogen-bond acceptors (Lipinski definition) is 7. The highest BCUT2D eigenvalue weighted by Crippen LogP contribution is 2.28. The Kier molecular flexibility index (Phi) is 5.75. The molecule has 0 saturated heterocycles. The number of amides is 1. The van der Waals surface area contributed by atoms with Crippen LogP contribution in [0.4, 0.5) is 17.1 Å². The maximum Gasteiger partial charge on any atom is 0.271 e. The number of nitrogens with zero attached hydrogens (tertiary/aromatic N) is 2. The second-order valence-corrected chi connectivity index (χ2v) is 5.26. The number of nitro benzene ring substituents is 2. The van der Waals surface area contributed by atoms with Crippen molar-refractivity contribution >= 4 is 40.3 Å². The summed E-state index contributed by atoms with van der Waals surface area (Å²) < 4.78 is 5.08. The molecule has 0 spiro atoms. The van der Waals surface area contributed by atoms with Crippen LogP contribution in [0, 0.1) is 20.2 Å². The molecule has 10 nitrogen and oxygen atoms in total. The molecular weight excluding hydrogens is 364 g/mol. The Bertz CT molecular complexity index is 884. The Hall–Kier alpha value is -3.60. The molecule has 0 atom stereocenters. The number of nitrogens with one attached hydrogen (secondary N) is 2. The van der Waals surface area contributed by atoms with Gasteiger partial charge in [-0.05, 0) is 30.4 Å². The average Bonchev–Trinajstić information content (AvgIpc) is 2.61. The van der Waals surface area contributed by atoms with Crippen molar-refractivity contribution < 1.29 is 19.4 Å². The molecule has 2 rings (SSSR count). The number of nitro groups is 2. The molecule has 0 aliphatic rings. The van der Waals surface area contributed by atoms with Crippen molar-refractivity contribution in [1.82, 2.24) is 5.32 Å². The highest BCUT2D eigenvalue weighted by Gasteiger charge is 2.15. The largest absolute Gasteiger partial charge is 0.495 e. The van der Waals surface area contributed by atoms with Crippen LogP contribution < -0.4 is 15.4 Å². The van der Waals surface area contributed by atoms with Crippen LogP contribution in [0.15, 0.2) is 42.5 Å². The van der Waals surface area contributed by atoms with Crippen molar-refractivity contribution in [2.24, 2.45) is 0 Å². The predicted molar refractivity (Wildman–Crippen MR) is 96.4 cm³/mol. The van der Waals surface area contributed by atoms with Gasteiger partial charge in [0.1, 0.15) is 5.75 Å². The van der Waals surface area contributed by atoms with E-state index in [4.69, 9.17) is 17.0 Å². The Labute approximate surface area is 152 Å². The molecule has 1 amide bonds. The minimum Gasteiger partial charge on any atom is -0.495 e. The summed E-state index contributed by atoms with van der Waals surface area (Å²) in [6.45, 7) is 0. The van der Waals surface area contributed by atoms with Gasteiger partial charge in [-0.3, -0.25) is 30.3 Å². The minimum absolute atomic E-state index is 0.118. The number of rotatable bonds is 5. The van der Waals surface area contributed by atoms with E-state index in [1.165, 1.54) is 49.6 Å². The summed E-state index contributed by atoms with van der Waals surface area (Å²) in [7, 11) is 1.38. The molecule has 0 aromatic heterocycles. The fourth-order valence-electron chi connectivity index (χ4n) is 1.97. The second-order valence-electron chi connectivity index (χ2n) is 4.85. The first kappa shape index (κ1) is 18.7. The van der Waals surface area contributed by atoms with E-state index in [9.17, 15) is 25.0 Å². The third-order valence-electron chi connectivity index (χ3n) is 3.21. The van der Waals surface area contributed by atoms with Crippen LogP contribution in [0.5, 0.6) is 5.75 Å². The molecule has 0 radical (unpaired) electrons. The van der Waals surface area contributed by atoms with E-state index in [1.807, 2.05) is 0 Å². The number of carbonyl (C=O) groups is 1. The van der Waals surface area contributed by atoms with E-state index in [-0.39, 0.29) is 27.7 Å². The lowest BCUT2D eigenvalue weighted by atomic mass is 10.2. The van der Waals surface area contributed by atoms with E-state index in [1.54, 1.807) is 0 Å². The Morgan fingerprint density at radius 3 is 2.15 bits per heavy atom. The number of thiocarbonyl (C=S) groups is 1. The van der Waals surface area contributed by atoms with Crippen molar-refractivity contribution in [3.63, 3.8) is 0 Å². The van der Waals surface area contributed by atoms with Gasteiger partial charge in [0.15, 0.2) is 5.11 Å². The fourth-order valence-corrected chi connectivity index (χ4v) is 2.17. The number of ether oxygens (including phenoxy) is 1. The highest BCUT2D eigenvalue weighted by molar-refractivity contribution is 7.80. The van der Waals surface area contributed by atoms with Gasteiger partial charge < -0.3 is 10.1 Å². The van der Waals surface area contributed by atoms with Gasteiger partial charge in [-0.1, -0.05) is 0 Å². The zero-order valence-electron chi connectivity index (χ0n) is 13.3. The Balaban J connectivity index is 2.10. The molecule has 0 bridgehead atoms. The number of hydrogen-bond donors (Lipinski definition) is 2. The summed E-state index contributed by atoms with van der Waals surface area (Å²) in [6, 6.07) is 8.81. The molecule has 11 heteroatoms. The lowest BCUT2D eigenvalue weighted by Crippen LogP contribution is -2.34. The van der Waals surface area contributed by atoms with Gasteiger partial charge in [0, 0.05) is 29.8 Å². The van der Waals surface area contributed by atoms with Crippen LogP contribution >= 0.6 is 12.2 Å². The first-order valence-corrected chi connectivity index (χ1v) is 7.42. The van der Waals surface area contributed by atoms with E-state index in [0.717, 1.165) is 0 Å². The van der Waals surface area contributed by atoms with Crippen LogP contribution in [0.3, 0.4) is 0 Å². The molecule has 26 heavy (non-hydrogen) atoms. The average molecular weight is 376 g/mol. The predicted octanol–water partition coefficient (Wildman–Crippen LogP) is 2.64. The summed E-state index contributed by atoms with van der Waals surface area (Å²) >= 11 is 5.02. The van der Waals surface area contributed by atoms with Crippen molar-refractivity contribution in [1.29, 1.82) is 0 Å². The van der Waals surface area contributed by atoms with E-state index >= 15 is 0 Å². The maximum atomic E-state index is 12.1. The third kappa shape index (κ3) is 4.48.